The van der Waals surface area contributed by atoms with Crippen LogP contribution < -0.4 is 4.74 Å². The standard InChI is InChI=1S/C15H20N2O5/c1-2-22-14-6-5-13(17(20)21)8-12(14)10-16-7-3-4-11(9-16)15(18)19/h5-6,8,11H,2-4,7,9-10H2,1H3,(H,18,19). The molecule has 1 aromatic carbocycles. The fourth-order valence-electron chi connectivity index (χ4n) is 2.74. The number of non-ortho nitro benzene ring substituents is 1. The minimum Gasteiger partial charge on any atom is -0.494 e. The van der Waals surface area contributed by atoms with Gasteiger partial charge in [-0.2, -0.15) is 0 Å². The van der Waals surface area contributed by atoms with Crippen molar-refractivity contribution in [2.75, 3.05) is 19.7 Å². The number of piperidine rings is 1. The average Bonchev–Trinajstić information content (AvgIpc) is 2.49. The molecule has 0 bridgehead atoms. The number of carboxylic acids is 1. The van der Waals surface area contributed by atoms with Crippen molar-refractivity contribution in [3.63, 3.8) is 0 Å². The van der Waals surface area contributed by atoms with Crippen LogP contribution >= 0.6 is 0 Å². The molecule has 22 heavy (non-hydrogen) atoms. The molecule has 0 aliphatic carbocycles. The number of nitrogens with zero attached hydrogens (tertiary/aromatic N) is 2. The van der Waals surface area contributed by atoms with E-state index in [1.165, 1.54) is 12.1 Å². The first-order valence-corrected chi connectivity index (χ1v) is 7.36. The Morgan fingerprint density at radius 2 is 2.32 bits per heavy atom. The molecule has 7 nitrogen and oxygen atoms in total. The highest BCUT2D eigenvalue weighted by atomic mass is 16.6. The van der Waals surface area contributed by atoms with E-state index in [2.05, 4.69) is 0 Å². The first-order valence-electron chi connectivity index (χ1n) is 7.36. The Hall–Kier alpha value is -2.15. The molecule has 1 aliphatic heterocycles. The predicted molar refractivity (Wildman–Crippen MR) is 79.9 cm³/mol. The average molecular weight is 308 g/mol. The first kappa shape index (κ1) is 16.2. The zero-order valence-corrected chi connectivity index (χ0v) is 12.5. The molecule has 7 heteroatoms. The van der Waals surface area contributed by atoms with Crippen molar-refractivity contribution in [3.05, 3.63) is 33.9 Å². The van der Waals surface area contributed by atoms with Gasteiger partial charge in [0.05, 0.1) is 17.4 Å². The van der Waals surface area contributed by atoms with Gasteiger partial charge in [-0.15, -0.1) is 0 Å². The molecule has 0 amide bonds. The molecule has 1 unspecified atom stereocenters. The van der Waals surface area contributed by atoms with E-state index in [4.69, 9.17) is 9.84 Å². The van der Waals surface area contributed by atoms with Crippen LogP contribution in [0.3, 0.4) is 0 Å². The van der Waals surface area contributed by atoms with Crippen LogP contribution in [0.1, 0.15) is 25.3 Å². The normalized spacial score (nSPS) is 18.9. The summed E-state index contributed by atoms with van der Waals surface area (Å²) in [4.78, 5) is 23.6. The molecular weight excluding hydrogens is 288 g/mol. The fraction of sp³-hybridized carbons (Fsp3) is 0.533. The van der Waals surface area contributed by atoms with E-state index in [0.29, 0.717) is 31.9 Å². The van der Waals surface area contributed by atoms with Gasteiger partial charge < -0.3 is 9.84 Å². The Morgan fingerprint density at radius 1 is 1.55 bits per heavy atom. The summed E-state index contributed by atoms with van der Waals surface area (Å²) in [6, 6.07) is 4.54. The number of hydrogen-bond donors (Lipinski definition) is 1. The fourth-order valence-corrected chi connectivity index (χ4v) is 2.74. The number of nitro groups is 1. The van der Waals surface area contributed by atoms with Crippen molar-refractivity contribution in [2.45, 2.75) is 26.3 Å². The zero-order valence-electron chi connectivity index (χ0n) is 12.5. The molecule has 2 rings (SSSR count). The lowest BCUT2D eigenvalue weighted by Crippen LogP contribution is -2.38. The molecule has 1 atom stereocenters. The number of benzene rings is 1. The lowest BCUT2D eigenvalue weighted by atomic mass is 9.98. The number of carboxylic acid groups (broad SMARTS) is 1. The minimum atomic E-state index is -0.784. The first-order chi connectivity index (χ1) is 10.5. The van der Waals surface area contributed by atoms with Crippen molar-refractivity contribution in [1.29, 1.82) is 0 Å². The third-order valence-corrected chi connectivity index (χ3v) is 3.80. The summed E-state index contributed by atoms with van der Waals surface area (Å²) in [6.07, 6.45) is 1.49. The summed E-state index contributed by atoms with van der Waals surface area (Å²) < 4.78 is 5.52. The van der Waals surface area contributed by atoms with Gasteiger partial charge >= 0.3 is 5.97 Å². The van der Waals surface area contributed by atoms with Crippen LogP contribution in [0.25, 0.3) is 0 Å². The molecule has 0 aromatic heterocycles. The summed E-state index contributed by atoms with van der Waals surface area (Å²) in [5.41, 5.74) is 0.743. The van der Waals surface area contributed by atoms with Crippen LogP contribution in [0, 0.1) is 16.0 Å². The van der Waals surface area contributed by atoms with E-state index in [1.54, 1.807) is 6.07 Å². The zero-order chi connectivity index (χ0) is 16.1. The van der Waals surface area contributed by atoms with Gasteiger partial charge in [-0.3, -0.25) is 19.8 Å². The molecule has 1 saturated heterocycles. The largest absolute Gasteiger partial charge is 0.494 e. The molecule has 0 spiro atoms. The highest BCUT2D eigenvalue weighted by Crippen LogP contribution is 2.27. The Bertz CT molecular complexity index is 561. The number of carbonyl (C=O) groups is 1. The molecule has 120 valence electrons. The van der Waals surface area contributed by atoms with E-state index in [-0.39, 0.29) is 11.6 Å². The van der Waals surface area contributed by atoms with Crippen molar-refractivity contribution in [3.8, 4) is 5.75 Å². The van der Waals surface area contributed by atoms with Gasteiger partial charge in [-0.25, -0.2) is 0 Å². The van der Waals surface area contributed by atoms with Crippen LogP contribution in [0.15, 0.2) is 18.2 Å². The summed E-state index contributed by atoms with van der Waals surface area (Å²) in [5.74, 6) is -0.540. The number of likely N-dealkylation sites (tertiary alicyclic amines) is 1. The molecule has 1 heterocycles. The van der Waals surface area contributed by atoms with Crippen molar-refractivity contribution < 1.29 is 19.6 Å². The molecule has 1 N–H and O–H groups in total. The van der Waals surface area contributed by atoms with E-state index >= 15 is 0 Å². The van der Waals surface area contributed by atoms with E-state index in [9.17, 15) is 14.9 Å². The maximum atomic E-state index is 11.1. The highest BCUT2D eigenvalue weighted by Gasteiger charge is 2.26. The Kier molecular flexibility index (Phi) is 5.32. The second-order valence-corrected chi connectivity index (χ2v) is 5.39. The van der Waals surface area contributed by atoms with E-state index < -0.39 is 10.9 Å². The smallest absolute Gasteiger partial charge is 0.307 e. The van der Waals surface area contributed by atoms with Crippen molar-refractivity contribution in [1.82, 2.24) is 4.90 Å². The number of hydrogen-bond acceptors (Lipinski definition) is 5. The summed E-state index contributed by atoms with van der Waals surface area (Å²) in [7, 11) is 0. The lowest BCUT2D eigenvalue weighted by Gasteiger charge is -2.30. The molecule has 1 aromatic rings. The quantitative estimate of drug-likeness (QED) is 0.640. The van der Waals surface area contributed by atoms with Crippen LogP contribution in [-0.2, 0) is 11.3 Å². The summed E-state index contributed by atoms with van der Waals surface area (Å²) in [5, 5.41) is 20.1. The van der Waals surface area contributed by atoms with E-state index in [0.717, 1.165) is 18.5 Å². The van der Waals surface area contributed by atoms with Crippen LogP contribution in [0.2, 0.25) is 0 Å². The SMILES string of the molecule is CCOc1ccc([N+](=O)[O-])cc1CN1CCCC(C(=O)O)C1. The van der Waals surface area contributed by atoms with Crippen molar-refractivity contribution >= 4 is 11.7 Å². The van der Waals surface area contributed by atoms with Gasteiger partial charge in [0.15, 0.2) is 0 Å². The third kappa shape index (κ3) is 3.94. The van der Waals surface area contributed by atoms with Crippen LogP contribution in [0.5, 0.6) is 5.75 Å². The number of nitro benzene ring substituents is 1. The Labute approximate surface area is 128 Å². The van der Waals surface area contributed by atoms with Crippen LogP contribution in [-0.4, -0.2) is 40.6 Å². The second kappa shape index (κ2) is 7.22. The highest BCUT2D eigenvalue weighted by molar-refractivity contribution is 5.70. The predicted octanol–water partition coefficient (Wildman–Crippen LogP) is 2.29. The number of aliphatic carboxylic acids is 1. The molecule has 1 fully saturated rings. The molecule has 1 aliphatic rings. The Morgan fingerprint density at radius 3 is 2.95 bits per heavy atom. The summed E-state index contributed by atoms with van der Waals surface area (Å²) in [6.45, 7) is 4.04. The monoisotopic (exact) mass is 308 g/mol. The molecule has 0 saturated carbocycles. The number of ether oxygens (including phenoxy) is 1. The van der Waals surface area contributed by atoms with Gasteiger partial charge in [0, 0.05) is 30.8 Å². The maximum absolute atomic E-state index is 11.1. The van der Waals surface area contributed by atoms with Gasteiger partial charge in [-0.1, -0.05) is 0 Å². The minimum absolute atomic E-state index is 0.0187. The third-order valence-electron chi connectivity index (χ3n) is 3.80. The molecule has 0 radical (unpaired) electrons. The maximum Gasteiger partial charge on any atom is 0.307 e. The topological polar surface area (TPSA) is 92.9 Å². The Balaban J connectivity index is 2.17. The molecular formula is C15H20N2O5. The van der Waals surface area contributed by atoms with Gasteiger partial charge in [0.25, 0.3) is 5.69 Å². The van der Waals surface area contributed by atoms with Crippen molar-refractivity contribution in [2.24, 2.45) is 5.92 Å². The second-order valence-electron chi connectivity index (χ2n) is 5.39. The van der Waals surface area contributed by atoms with E-state index in [1.807, 2.05) is 11.8 Å². The van der Waals surface area contributed by atoms with Gasteiger partial charge in [0.1, 0.15) is 5.75 Å². The van der Waals surface area contributed by atoms with Gasteiger partial charge in [-0.05, 0) is 32.4 Å². The van der Waals surface area contributed by atoms with Gasteiger partial charge in [0.2, 0.25) is 0 Å². The summed E-state index contributed by atoms with van der Waals surface area (Å²) >= 11 is 0. The van der Waals surface area contributed by atoms with Crippen LogP contribution in [0.4, 0.5) is 5.69 Å². The lowest BCUT2D eigenvalue weighted by molar-refractivity contribution is -0.385. The number of rotatable bonds is 6.